The summed E-state index contributed by atoms with van der Waals surface area (Å²) >= 11 is 3.41. The number of aromatic nitrogens is 2. The molecule has 0 aliphatic carbocycles. The van der Waals surface area contributed by atoms with Crippen LogP contribution in [-0.4, -0.2) is 17.8 Å². The van der Waals surface area contributed by atoms with Crippen molar-refractivity contribution in [2.75, 3.05) is 0 Å². The third-order valence-corrected chi connectivity index (χ3v) is 2.91. The van der Waals surface area contributed by atoms with Gasteiger partial charge in [-0.3, -0.25) is 9.97 Å². The van der Waals surface area contributed by atoms with Crippen molar-refractivity contribution >= 4 is 29.4 Å². The summed E-state index contributed by atoms with van der Waals surface area (Å²) in [6.45, 7) is 1.96. The summed E-state index contributed by atoms with van der Waals surface area (Å²) in [5, 5.41) is 0.770. The number of hydrogen-bond donors (Lipinski definition) is 0. The first-order valence-electron chi connectivity index (χ1n) is 4.94. The molecule has 2 nitrogen and oxygen atoms in total. The number of pyridine rings is 2. The highest BCUT2D eigenvalue weighted by atomic mass is 79.9. The average molecular weight is 273 g/mol. The van der Waals surface area contributed by atoms with E-state index in [-0.39, 0.29) is 0 Å². The van der Waals surface area contributed by atoms with Gasteiger partial charge in [-0.25, -0.2) is 0 Å². The molecular weight excluding hydrogens is 263 g/mol. The standard InChI is InChI=1S/C12H10BBrN2/c1-8-2-3-10(7-15-8)11-4-9(6-14)5-12(13)16-11/h2-5,7H,6H2,1H3. The normalized spacial score (nSPS) is 10.4. The quantitative estimate of drug-likeness (QED) is 0.618. The van der Waals surface area contributed by atoms with Crippen molar-refractivity contribution in [3.05, 3.63) is 41.7 Å². The molecule has 0 N–H and O–H groups in total. The molecule has 4 heteroatoms. The first-order valence-corrected chi connectivity index (χ1v) is 6.06. The molecule has 0 amide bonds. The molecule has 0 bridgehead atoms. The molecule has 2 aromatic heterocycles. The second kappa shape index (κ2) is 4.79. The van der Waals surface area contributed by atoms with Crippen molar-refractivity contribution in [3.63, 3.8) is 0 Å². The van der Waals surface area contributed by atoms with Crippen LogP contribution < -0.4 is 5.59 Å². The zero-order valence-electron chi connectivity index (χ0n) is 8.94. The van der Waals surface area contributed by atoms with E-state index in [9.17, 15) is 0 Å². The van der Waals surface area contributed by atoms with Crippen LogP contribution in [0.3, 0.4) is 0 Å². The Balaban J connectivity index is 2.47. The predicted octanol–water partition coefficient (Wildman–Crippen LogP) is 2.14. The third kappa shape index (κ3) is 2.50. The number of alkyl halides is 1. The molecule has 2 rings (SSSR count). The fraction of sp³-hybridized carbons (Fsp3) is 0.167. The number of aryl methyl sites for hydroxylation is 1. The van der Waals surface area contributed by atoms with E-state index in [1.807, 2.05) is 37.4 Å². The summed E-state index contributed by atoms with van der Waals surface area (Å²) in [6.07, 6.45) is 1.81. The molecule has 0 atom stereocenters. The molecular formula is C12H10BBrN2. The maximum Gasteiger partial charge on any atom is 0.141 e. The number of nitrogens with zero attached hydrogens (tertiary/aromatic N) is 2. The maximum atomic E-state index is 5.75. The van der Waals surface area contributed by atoms with Crippen LogP contribution in [0.4, 0.5) is 0 Å². The molecule has 0 fully saturated rings. The summed E-state index contributed by atoms with van der Waals surface area (Å²) in [7, 11) is 5.75. The Labute approximate surface area is 105 Å². The highest BCUT2D eigenvalue weighted by Gasteiger charge is 2.02. The van der Waals surface area contributed by atoms with Crippen molar-refractivity contribution in [2.24, 2.45) is 0 Å². The molecule has 0 saturated heterocycles. The summed E-state index contributed by atoms with van der Waals surface area (Å²) < 4.78 is 0. The Hall–Kier alpha value is -1.16. The highest BCUT2D eigenvalue weighted by Crippen LogP contribution is 2.17. The van der Waals surface area contributed by atoms with E-state index in [0.29, 0.717) is 5.59 Å². The lowest BCUT2D eigenvalue weighted by Gasteiger charge is -2.05. The van der Waals surface area contributed by atoms with Gasteiger partial charge in [-0.05, 0) is 42.3 Å². The first kappa shape index (κ1) is 11.3. The Kier molecular flexibility index (Phi) is 3.39. The zero-order valence-corrected chi connectivity index (χ0v) is 10.5. The van der Waals surface area contributed by atoms with Gasteiger partial charge in [0, 0.05) is 22.8 Å². The van der Waals surface area contributed by atoms with E-state index < -0.39 is 0 Å². The van der Waals surface area contributed by atoms with Crippen LogP contribution in [0.1, 0.15) is 11.3 Å². The lowest BCUT2D eigenvalue weighted by molar-refractivity contribution is 1.19. The van der Waals surface area contributed by atoms with Crippen LogP contribution in [0.5, 0.6) is 0 Å². The van der Waals surface area contributed by atoms with Crippen LogP contribution in [0, 0.1) is 6.92 Å². The van der Waals surface area contributed by atoms with Gasteiger partial charge in [0.25, 0.3) is 0 Å². The van der Waals surface area contributed by atoms with Gasteiger partial charge in [-0.2, -0.15) is 0 Å². The lowest BCUT2D eigenvalue weighted by atomic mass is 10.00. The predicted molar refractivity (Wildman–Crippen MR) is 70.2 cm³/mol. The van der Waals surface area contributed by atoms with Gasteiger partial charge >= 0.3 is 0 Å². The minimum Gasteiger partial charge on any atom is -0.264 e. The average Bonchev–Trinajstić information content (AvgIpc) is 2.29. The molecule has 0 unspecified atom stereocenters. The van der Waals surface area contributed by atoms with Crippen molar-refractivity contribution in [1.29, 1.82) is 0 Å². The van der Waals surface area contributed by atoms with Crippen LogP contribution in [-0.2, 0) is 5.33 Å². The minimum absolute atomic E-state index is 0.535. The molecule has 2 aromatic rings. The van der Waals surface area contributed by atoms with Gasteiger partial charge in [0.1, 0.15) is 7.85 Å². The molecule has 0 saturated carbocycles. The Morgan fingerprint density at radius 3 is 2.75 bits per heavy atom. The second-order valence-corrected chi connectivity index (χ2v) is 4.17. The monoisotopic (exact) mass is 272 g/mol. The van der Waals surface area contributed by atoms with Crippen molar-refractivity contribution < 1.29 is 0 Å². The Bertz CT molecular complexity index is 497. The van der Waals surface area contributed by atoms with Crippen LogP contribution in [0.2, 0.25) is 0 Å². The van der Waals surface area contributed by atoms with E-state index in [0.717, 1.165) is 27.8 Å². The summed E-state index contributed by atoms with van der Waals surface area (Å²) in [5.41, 5.74) is 4.49. The van der Waals surface area contributed by atoms with E-state index in [4.69, 9.17) is 7.85 Å². The highest BCUT2D eigenvalue weighted by molar-refractivity contribution is 9.08. The Morgan fingerprint density at radius 2 is 2.12 bits per heavy atom. The first-order chi connectivity index (χ1) is 7.69. The largest absolute Gasteiger partial charge is 0.264 e. The summed E-state index contributed by atoms with van der Waals surface area (Å²) in [6, 6.07) is 7.84. The van der Waals surface area contributed by atoms with E-state index in [1.54, 1.807) is 0 Å². The third-order valence-electron chi connectivity index (χ3n) is 2.27. The molecule has 0 spiro atoms. The van der Waals surface area contributed by atoms with Gasteiger partial charge in [0.05, 0.1) is 5.69 Å². The zero-order chi connectivity index (χ0) is 11.5. The summed E-state index contributed by atoms with van der Waals surface area (Å²) in [4.78, 5) is 8.55. The van der Waals surface area contributed by atoms with Crippen LogP contribution in [0.25, 0.3) is 11.3 Å². The van der Waals surface area contributed by atoms with Gasteiger partial charge in [-0.15, -0.1) is 0 Å². The Morgan fingerprint density at radius 1 is 1.31 bits per heavy atom. The molecule has 78 valence electrons. The van der Waals surface area contributed by atoms with Crippen LogP contribution >= 0.6 is 15.9 Å². The maximum absolute atomic E-state index is 5.75. The van der Waals surface area contributed by atoms with E-state index in [2.05, 4.69) is 25.9 Å². The second-order valence-electron chi connectivity index (χ2n) is 3.61. The van der Waals surface area contributed by atoms with Crippen molar-refractivity contribution in [2.45, 2.75) is 12.3 Å². The van der Waals surface area contributed by atoms with Gasteiger partial charge in [0.2, 0.25) is 0 Å². The SMILES string of the molecule is [B]c1cc(CBr)cc(-c2ccc(C)nc2)n1. The van der Waals surface area contributed by atoms with E-state index in [1.165, 1.54) is 0 Å². The lowest BCUT2D eigenvalue weighted by Crippen LogP contribution is -2.10. The van der Waals surface area contributed by atoms with Crippen LogP contribution in [0.15, 0.2) is 30.5 Å². The molecule has 2 radical (unpaired) electrons. The van der Waals surface area contributed by atoms with E-state index >= 15 is 0 Å². The van der Waals surface area contributed by atoms with Crippen molar-refractivity contribution in [1.82, 2.24) is 9.97 Å². The smallest absolute Gasteiger partial charge is 0.141 e. The van der Waals surface area contributed by atoms with Gasteiger partial charge < -0.3 is 0 Å². The number of halogens is 1. The molecule has 0 aromatic carbocycles. The minimum atomic E-state index is 0.535. The number of rotatable bonds is 2. The summed E-state index contributed by atoms with van der Waals surface area (Å²) in [5.74, 6) is 0. The molecule has 2 heterocycles. The van der Waals surface area contributed by atoms with Gasteiger partial charge in [0.15, 0.2) is 0 Å². The fourth-order valence-corrected chi connectivity index (χ4v) is 1.78. The van der Waals surface area contributed by atoms with Crippen molar-refractivity contribution in [3.8, 4) is 11.3 Å². The topological polar surface area (TPSA) is 25.8 Å². The molecule has 16 heavy (non-hydrogen) atoms. The molecule has 0 aliphatic rings. The number of hydrogen-bond acceptors (Lipinski definition) is 2. The fourth-order valence-electron chi connectivity index (χ4n) is 1.46. The molecule has 0 aliphatic heterocycles. The van der Waals surface area contributed by atoms with Gasteiger partial charge in [-0.1, -0.05) is 15.9 Å².